The fraction of sp³-hybridized carbons (Fsp3) is 0.450. The van der Waals surface area contributed by atoms with Crippen molar-refractivity contribution in [1.82, 2.24) is 14.5 Å². The molecule has 0 aliphatic carbocycles. The molecule has 0 radical (unpaired) electrons. The average Bonchev–Trinajstić information content (AvgIpc) is 2.92. The summed E-state index contributed by atoms with van der Waals surface area (Å²) in [5.74, 6) is 0. The van der Waals surface area contributed by atoms with Crippen molar-refractivity contribution in [1.29, 1.82) is 0 Å². The average molecular weight is 361 g/mol. The minimum atomic E-state index is -4.47. The maximum absolute atomic E-state index is 13.6. The zero-order valence-corrected chi connectivity index (χ0v) is 14.8. The van der Waals surface area contributed by atoms with Crippen molar-refractivity contribution < 1.29 is 13.2 Å². The Bertz CT molecular complexity index is 937. The molecule has 4 rings (SSSR count). The maximum atomic E-state index is 13.6. The van der Waals surface area contributed by atoms with Crippen LogP contribution >= 0.6 is 0 Å². The molecule has 26 heavy (non-hydrogen) atoms. The van der Waals surface area contributed by atoms with Crippen LogP contribution in [0, 0.1) is 6.92 Å². The van der Waals surface area contributed by atoms with E-state index >= 15 is 0 Å². The van der Waals surface area contributed by atoms with E-state index in [2.05, 4.69) is 9.88 Å². The molecule has 0 bridgehead atoms. The summed E-state index contributed by atoms with van der Waals surface area (Å²) < 4.78 is 42.7. The van der Waals surface area contributed by atoms with E-state index in [0.717, 1.165) is 36.1 Å². The highest BCUT2D eigenvalue weighted by Gasteiger charge is 2.36. The molecule has 3 aromatic rings. The molecule has 2 aromatic heterocycles. The van der Waals surface area contributed by atoms with E-state index < -0.39 is 11.9 Å². The van der Waals surface area contributed by atoms with Gasteiger partial charge < -0.3 is 9.47 Å². The smallest absolute Gasteiger partial charge is 0.337 e. The van der Waals surface area contributed by atoms with Crippen LogP contribution in [0.25, 0.3) is 21.8 Å². The van der Waals surface area contributed by atoms with E-state index in [0.29, 0.717) is 11.9 Å². The van der Waals surface area contributed by atoms with Crippen molar-refractivity contribution in [3.8, 4) is 0 Å². The largest absolute Gasteiger partial charge is 0.435 e. The molecule has 0 unspecified atom stereocenters. The van der Waals surface area contributed by atoms with Crippen LogP contribution in [0.3, 0.4) is 0 Å². The first-order valence-electron chi connectivity index (χ1n) is 9.12. The Kier molecular flexibility index (Phi) is 4.39. The molecule has 1 aliphatic rings. The number of alkyl halides is 3. The monoisotopic (exact) mass is 361 g/mol. The number of likely N-dealkylation sites (tertiary alicyclic amines) is 1. The van der Waals surface area contributed by atoms with Crippen molar-refractivity contribution in [3.63, 3.8) is 0 Å². The first kappa shape index (κ1) is 17.3. The summed E-state index contributed by atoms with van der Waals surface area (Å²) in [5, 5.41) is 1.48. The predicted molar refractivity (Wildman–Crippen MR) is 97.3 cm³/mol. The van der Waals surface area contributed by atoms with Gasteiger partial charge in [0.2, 0.25) is 0 Å². The molecule has 0 N–H and O–H groups in total. The van der Waals surface area contributed by atoms with Gasteiger partial charge in [-0.15, -0.1) is 0 Å². The van der Waals surface area contributed by atoms with Gasteiger partial charge in [0.1, 0.15) is 0 Å². The van der Waals surface area contributed by atoms with Crippen LogP contribution < -0.4 is 0 Å². The van der Waals surface area contributed by atoms with Gasteiger partial charge in [-0.25, -0.2) is 4.98 Å². The Morgan fingerprint density at radius 3 is 2.50 bits per heavy atom. The van der Waals surface area contributed by atoms with Gasteiger partial charge in [0, 0.05) is 35.6 Å². The number of halogens is 3. The molecular formula is C20H22F3N3. The molecule has 1 aliphatic heterocycles. The van der Waals surface area contributed by atoms with E-state index in [4.69, 9.17) is 0 Å². The Labute approximate surface area is 150 Å². The van der Waals surface area contributed by atoms with E-state index in [-0.39, 0.29) is 5.52 Å². The van der Waals surface area contributed by atoms with Crippen LogP contribution in [0.5, 0.6) is 0 Å². The zero-order chi connectivity index (χ0) is 18.3. The molecule has 0 amide bonds. The number of benzene rings is 1. The lowest BCUT2D eigenvalue weighted by Crippen LogP contribution is -2.32. The van der Waals surface area contributed by atoms with Crippen molar-refractivity contribution in [2.45, 2.75) is 38.9 Å². The molecule has 0 spiro atoms. The van der Waals surface area contributed by atoms with Gasteiger partial charge in [-0.2, -0.15) is 13.2 Å². The molecule has 0 saturated carbocycles. The topological polar surface area (TPSA) is 21.1 Å². The standard InChI is InChI=1S/C20H22F3N3/c1-14-5-6-15-16-7-8-24-19(20(21,22)23)18(16)26(17(15)13-14)12-11-25-9-3-2-4-10-25/h5-8,13H,2-4,9-12H2,1H3. The molecule has 1 fully saturated rings. The Morgan fingerprint density at radius 2 is 1.77 bits per heavy atom. The molecule has 1 aromatic carbocycles. The van der Waals surface area contributed by atoms with Crippen LogP contribution in [0.1, 0.15) is 30.5 Å². The summed E-state index contributed by atoms with van der Waals surface area (Å²) in [4.78, 5) is 6.04. The number of aryl methyl sites for hydroxylation is 1. The second kappa shape index (κ2) is 6.58. The van der Waals surface area contributed by atoms with E-state index in [9.17, 15) is 13.2 Å². The highest BCUT2D eigenvalue weighted by Crippen LogP contribution is 2.38. The minimum Gasteiger partial charge on any atom is -0.337 e. The molecule has 3 heterocycles. The third-order valence-corrected chi connectivity index (χ3v) is 5.29. The van der Waals surface area contributed by atoms with Crippen molar-refractivity contribution in [3.05, 3.63) is 41.7 Å². The Balaban J connectivity index is 1.87. The third kappa shape index (κ3) is 3.07. The van der Waals surface area contributed by atoms with Gasteiger partial charge in [-0.3, -0.25) is 0 Å². The van der Waals surface area contributed by atoms with Gasteiger partial charge in [-0.1, -0.05) is 18.6 Å². The lowest BCUT2D eigenvalue weighted by Gasteiger charge is -2.27. The van der Waals surface area contributed by atoms with Crippen LogP contribution in [0.15, 0.2) is 30.5 Å². The number of nitrogens with zero attached hydrogens (tertiary/aromatic N) is 3. The van der Waals surface area contributed by atoms with Gasteiger partial charge in [-0.05, 0) is 50.6 Å². The summed E-state index contributed by atoms with van der Waals surface area (Å²) in [6, 6.07) is 7.54. The van der Waals surface area contributed by atoms with Crippen molar-refractivity contribution >= 4 is 21.8 Å². The summed E-state index contributed by atoms with van der Waals surface area (Å²) in [5.41, 5.74) is 1.32. The summed E-state index contributed by atoms with van der Waals surface area (Å²) in [6.07, 6.45) is 0.377. The van der Waals surface area contributed by atoms with Crippen molar-refractivity contribution in [2.24, 2.45) is 0 Å². The number of pyridine rings is 1. The van der Waals surface area contributed by atoms with Crippen LogP contribution in [0.4, 0.5) is 13.2 Å². The lowest BCUT2D eigenvalue weighted by atomic mass is 10.1. The Morgan fingerprint density at radius 1 is 1.00 bits per heavy atom. The normalized spacial score (nSPS) is 16.6. The lowest BCUT2D eigenvalue weighted by molar-refractivity contribution is -0.140. The summed E-state index contributed by atoms with van der Waals surface area (Å²) in [7, 11) is 0. The zero-order valence-electron chi connectivity index (χ0n) is 14.8. The first-order chi connectivity index (χ1) is 12.4. The van der Waals surface area contributed by atoms with Gasteiger partial charge in [0.15, 0.2) is 5.69 Å². The number of piperidine rings is 1. The quantitative estimate of drug-likeness (QED) is 0.654. The summed E-state index contributed by atoms with van der Waals surface area (Å²) >= 11 is 0. The first-order valence-corrected chi connectivity index (χ1v) is 9.12. The van der Waals surface area contributed by atoms with E-state index in [1.54, 1.807) is 6.07 Å². The van der Waals surface area contributed by atoms with Gasteiger partial charge in [0.25, 0.3) is 0 Å². The molecule has 3 nitrogen and oxygen atoms in total. The number of aromatic nitrogens is 2. The second-order valence-corrected chi connectivity index (χ2v) is 7.13. The Hall–Kier alpha value is -2.08. The third-order valence-electron chi connectivity index (χ3n) is 5.29. The molecule has 0 atom stereocenters. The maximum Gasteiger partial charge on any atom is 0.435 e. The molecular weight excluding hydrogens is 339 g/mol. The molecule has 138 valence electrons. The van der Waals surface area contributed by atoms with Crippen LogP contribution in [-0.4, -0.2) is 34.1 Å². The van der Waals surface area contributed by atoms with Gasteiger partial charge >= 0.3 is 6.18 Å². The highest BCUT2D eigenvalue weighted by molar-refractivity contribution is 6.09. The second-order valence-electron chi connectivity index (χ2n) is 7.13. The number of rotatable bonds is 3. The number of fused-ring (bicyclic) bond motifs is 3. The van der Waals surface area contributed by atoms with Gasteiger partial charge in [0.05, 0.1) is 5.52 Å². The van der Waals surface area contributed by atoms with E-state index in [1.807, 2.05) is 29.7 Å². The van der Waals surface area contributed by atoms with Crippen LogP contribution in [0.2, 0.25) is 0 Å². The minimum absolute atomic E-state index is 0.206. The fourth-order valence-corrected chi connectivity index (χ4v) is 4.02. The predicted octanol–water partition coefficient (Wildman–Crippen LogP) is 5.00. The van der Waals surface area contributed by atoms with E-state index in [1.165, 1.54) is 25.5 Å². The SMILES string of the molecule is Cc1ccc2c3ccnc(C(F)(F)F)c3n(CCN3CCCCC3)c2c1. The van der Waals surface area contributed by atoms with Crippen LogP contribution in [-0.2, 0) is 12.7 Å². The summed E-state index contributed by atoms with van der Waals surface area (Å²) in [6.45, 7) is 5.33. The molecule has 6 heteroatoms. The fourth-order valence-electron chi connectivity index (χ4n) is 4.02. The number of hydrogen-bond acceptors (Lipinski definition) is 2. The molecule has 1 saturated heterocycles. The van der Waals surface area contributed by atoms with Crippen molar-refractivity contribution in [2.75, 3.05) is 19.6 Å². The highest BCUT2D eigenvalue weighted by atomic mass is 19.4. The number of hydrogen-bond donors (Lipinski definition) is 0.